The molecule has 0 bridgehead atoms. The average Bonchev–Trinajstić information content (AvgIpc) is 3.87. The summed E-state index contributed by atoms with van der Waals surface area (Å²) in [5.41, 5.74) is 11.8. The Morgan fingerprint density at radius 1 is 0.254 bits per heavy atom. The summed E-state index contributed by atoms with van der Waals surface area (Å²) in [5, 5.41) is 10.4. The first kappa shape index (κ1) is 36.8. The van der Waals surface area contributed by atoms with Gasteiger partial charge in [0, 0.05) is 38.4 Å². The second kappa shape index (κ2) is 15.2. The maximum atomic E-state index is 2.55. The van der Waals surface area contributed by atoms with E-state index in [4.69, 9.17) is 0 Å². The highest BCUT2D eigenvalue weighted by Crippen LogP contribution is 2.42. The first-order valence-electron chi connectivity index (χ1n) is 21.8. The van der Waals surface area contributed by atoms with Crippen LogP contribution >= 0.6 is 0 Å². The van der Waals surface area contributed by atoms with Gasteiger partial charge in [0.25, 0.3) is 0 Å². The van der Waals surface area contributed by atoms with E-state index in [-0.39, 0.29) is 0 Å². The minimum atomic E-state index is -2.86. The van der Waals surface area contributed by atoms with Gasteiger partial charge in [-0.1, -0.05) is 218 Å². The topological polar surface area (TPSA) is 9.86 Å². The van der Waals surface area contributed by atoms with Crippen molar-refractivity contribution in [3.63, 3.8) is 0 Å². The summed E-state index contributed by atoms with van der Waals surface area (Å²) in [6.07, 6.45) is 0. The van der Waals surface area contributed by atoms with E-state index in [2.05, 4.69) is 264 Å². The molecule has 3 heteroatoms. The van der Waals surface area contributed by atoms with Crippen molar-refractivity contribution in [3.8, 4) is 33.6 Å². The highest BCUT2D eigenvalue weighted by molar-refractivity contribution is 7.20. The van der Waals surface area contributed by atoms with E-state index in [0.29, 0.717) is 0 Å². The molecule has 0 amide bonds. The molecule has 0 atom stereocenters. The van der Waals surface area contributed by atoms with Crippen LogP contribution in [0.5, 0.6) is 0 Å². The molecule has 10 aromatic carbocycles. The van der Waals surface area contributed by atoms with Crippen LogP contribution in [0, 0.1) is 0 Å². The van der Waals surface area contributed by atoms with Gasteiger partial charge in [0.1, 0.15) is 0 Å². The molecule has 0 aliphatic carbocycles. The van der Waals surface area contributed by atoms with Crippen LogP contribution in [0.25, 0.3) is 77.2 Å². The number of nitrogens with zero attached hydrogens (tertiary/aromatic N) is 2. The van der Waals surface area contributed by atoms with E-state index in [1.165, 1.54) is 92.3 Å². The number of para-hydroxylation sites is 3. The van der Waals surface area contributed by atoms with Gasteiger partial charge in [-0.15, -0.1) is 0 Å². The molecule has 2 nitrogen and oxygen atoms in total. The Hall–Kier alpha value is -7.98. The Kier molecular flexibility index (Phi) is 8.87. The third-order valence-electron chi connectivity index (χ3n) is 13.1. The Morgan fingerprint density at radius 3 is 1.14 bits per heavy atom. The quantitative estimate of drug-likeness (QED) is 0.107. The second-order valence-corrected chi connectivity index (χ2v) is 20.2. The molecule has 0 saturated carbocycles. The SMILES string of the molecule is c1ccc(-c2cccc(-c3ccccc3)c2-n2c3ccc(-n4c5ccccc5c5ccccc54)cc3c3cc([Si](c4ccccc4)(c4ccccc4)c4ccccc4)ccc32)cc1. The number of rotatable bonds is 8. The zero-order chi connectivity index (χ0) is 41.7. The van der Waals surface area contributed by atoms with E-state index in [1.54, 1.807) is 0 Å². The lowest BCUT2D eigenvalue weighted by molar-refractivity contribution is 1.17. The molecule has 0 spiro atoms. The van der Waals surface area contributed by atoms with Crippen molar-refractivity contribution in [1.82, 2.24) is 9.13 Å². The van der Waals surface area contributed by atoms with Crippen molar-refractivity contribution >= 4 is 72.4 Å². The van der Waals surface area contributed by atoms with Crippen molar-refractivity contribution in [1.29, 1.82) is 0 Å². The first-order chi connectivity index (χ1) is 31.3. The van der Waals surface area contributed by atoms with Crippen molar-refractivity contribution in [3.05, 3.63) is 255 Å². The zero-order valence-electron chi connectivity index (χ0n) is 34.6. The van der Waals surface area contributed by atoms with Gasteiger partial charge in [-0.2, -0.15) is 0 Å². The molecule has 2 aromatic heterocycles. The fourth-order valence-electron chi connectivity index (χ4n) is 10.4. The molecule has 2 heterocycles. The molecule has 0 fully saturated rings. The maximum Gasteiger partial charge on any atom is 0.179 e. The fourth-order valence-corrected chi connectivity index (χ4v) is 15.1. The maximum absolute atomic E-state index is 2.86. The van der Waals surface area contributed by atoms with Gasteiger partial charge < -0.3 is 9.13 Å². The standard InChI is InChI=1S/C60H42N2Si/c1-6-21-43(22-7-1)50-33-20-34-51(44-23-8-2-9-24-44)60(50)62-58-39-37-45(61-56-35-18-16-31-52(56)53-32-17-19-36-57(53)61)41-54(58)55-42-49(38-40-59(55)62)63(46-25-10-3-11-26-46,47-27-12-4-13-28-47)48-29-14-5-15-30-48/h1-42H. The molecule has 63 heavy (non-hydrogen) atoms. The predicted molar refractivity (Wildman–Crippen MR) is 270 cm³/mol. The predicted octanol–water partition coefficient (Wildman–Crippen LogP) is 12.6. The summed E-state index contributed by atoms with van der Waals surface area (Å²) in [6, 6.07) is 94.4. The van der Waals surface area contributed by atoms with E-state index >= 15 is 0 Å². The lowest BCUT2D eigenvalue weighted by Gasteiger charge is -2.34. The summed E-state index contributed by atoms with van der Waals surface area (Å²) in [7, 11) is -2.86. The van der Waals surface area contributed by atoms with Crippen molar-refractivity contribution in [2.45, 2.75) is 0 Å². The monoisotopic (exact) mass is 818 g/mol. The van der Waals surface area contributed by atoms with Gasteiger partial charge in [0.2, 0.25) is 0 Å². The van der Waals surface area contributed by atoms with Crippen molar-refractivity contribution < 1.29 is 0 Å². The smallest absolute Gasteiger partial charge is 0.179 e. The van der Waals surface area contributed by atoms with Crippen LogP contribution in [-0.2, 0) is 0 Å². The lowest BCUT2D eigenvalue weighted by Crippen LogP contribution is -2.74. The Balaban J connectivity index is 1.23. The summed E-state index contributed by atoms with van der Waals surface area (Å²) in [4.78, 5) is 0. The summed E-state index contributed by atoms with van der Waals surface area (Å²) in [6.45, 7) is 0. The normalized spacial score (nSPS) is 11.8. The molecule has 296 valence electrons. The van der Waals surface area contributed by atoms with Gasteiger partial charge in [-0.25, -0.2) is 0 Å². The Bertz CT molecular complexity index is 3390. The van der Waals surface area contributed by atoms with E-state index < -0.39 is 8.07 Å². The van der Waals surface area contributed by atoms with Gasteiger partial charge in [0.15, 0.2) is 8.07 Å². The number of hydrogen-bond acceptors (Lipinski definition) is 0. The van der Waals surface area contributed by atoms with Gasteiger partial charge in [-0.05, 0) is 68.3 Å². The van der Waals surface area contributed by atoms with Gasteiger partial charge in [-0.3, -0.25) is 0 Å². The van der Waals surface area contributed by atoms with Crippen LogP contribution in [0.15, 0.2) is 255 Å². The molecule has 0 aliphatic heterocycles. The first-order valence-corrected chi connectivity index (χ1v) is 23.8. The average molecular weight is 819 g/mol. The van der Waals surface area contributed by atoms with Gasteiger partial charge >= 0.3 is 0 Å². The molecule has 0 N–H and O–H groups in total. The Morgan fingerprint density at radius 2 is 0.651 bits per heavy atom. The fraction of sp³-hybridized carbons (Fsp3) is 0. The van der Waals surface area contributed by atoms with E-state index in [1.807, 2.05) is 0 Å². The second-order valence-electron chi connectivity index (χ2n) is 16.4. The highest BCUT2D eigenvalue weighted by atomic mass is 28.3. The zero-order valence-corrected chi connectivity index (χ0v) is 35.6. The van der Waals surface area contributed by atoms with Crippen LogP contribution in [0.3, 0.4) is 0 Å². The summed E-state index contributed by atoms with van der Waals surface area (Å²) < 4.78 is 4.99. The number of fused-ring (bicyclic) bond motifs is 6. The van der Waals surface area contributed by atoms with Crippen LogP contribution in [0.2, 0.25) is 0 Å². The molecular weight excluding hydrogens is 777 g/mol. The number of hydrogen-bond donors (Lipinski definition) is 0. The molecule has 12 aromatic rings. The third kappa shape index (κ3) is 5.85. The largest absolute Gasteiger partial charge is 0.309 e. The minimum Gasteiger partial charge on any atom is -0.309 e. The summed E-state index contributed by atoms with van der Waals surface area (Å²) >= 11 is 0. The van der Waals surface area contributed by atoms with Gasteiger partial charge in [0.05, 0.1) is 27.8 Å². The molecule has 0 saturated heterocycles. The third-order valence-corrected chi connectivity index (χ3v) is 17.8. The number of benzene rings is 10. The molecule has 0 unspecified atom stereocenters. The van der Waals surface area contributed by atoms with Crippen molar-refractivity contribution in [2.24, 2.45) is 0 Å². The van der Waals surface area contributed by atoms with E-state index in [0.717, 1.165) is 5.69 Å². The van der Waals surface area contributed by atoms with Crippen LogP contribution < -0.4 is 20.7 Å². The molecule has 0 aliphatic rings. The van der Waals surface area contributed by atoms with Crippen LogP contribution in [0.1, 0.15) is 0 Å². The van der Waals surface area contributed by atoms with Crippen molar-refractivity contribution in [2.75, 3.05) is 0 Å². The Labute approximate surface area is 368 Å². The molecule has 12 rings (SSSR count). The number of aromatic nitrogens is 2. The van der Waals surface area contributed by atoms with Crippen LogP contribution in [0.4, 0.5) is 0 Å². The summed E-state index contributed by atoms with van der Waals surface area (Å²) in [5.74, 6) is 0. The molecule has 0 radical (unpaired) electrons. The lowest BCUT2D eigenvalue weighted by atomic mass is 9.95. The highest BCUT2D eigenvalue weighted by Gasteiger charge is 2.41. The molecular formula is C60H42N2Si. The van der Waals surface area contributed by atoms with E-state index in [9.17, 15) is 0 Å². The minimum absolute atomic E-state index is 1.14. The van der Waals surface area contributed by atoms with Crippen LogP contribution in [-0.4, -0.2) is 17.2 Å².